The number of hydrogen-bond donors (Lipinski definition) is 1. The van der Waals surface area contributed by atoms with Crippen LogP contribution in [0.3, 0.4) is 0 Å². The molecule has 1 aliphatic heterocycles. The number of ether oxygens (including phenoxy) is 1. The number of amides is 2. The van der Waals surface area contributed by atoms with Crippen molar-refractivity contribution in [2.45, 2.75) is 11.8 Å². The summed E-state index contributed by atoms with van der Waals surface area (Å²) in [7, 11) is 0. The molecular formula is C21H20N2O6S2. The largest absolute Gasteiger partial charge is 0.492 e. The molecule has 0 aromatic heterocycles. The van der Waals surface area contributed by atoms with Crippen LogP contribution in [0.1, 0.15) is 11.1 Å². The minimum absolute atomic E-state index is 0.0930. The third kappa shape index (κ3) is 5.87. The van der Waals surface area contributed by atoms with Crippen LogP contribution in [0, 0.1) is 17.0 Å². The van der Waals surface area contributed by atoms with Crippen molar-refractivity contribution in [2.75, 3.05) is 25.5 Å². The highest BCUT2D eigenvalue weighted by Gasteiger charge is 2.35. The van der Waals surface area contributed by atoms with Gasteiger partial charge in [0.25, 0.3) is 16.8 Å². The van der Waals surface area contributed by atoms with Crippen molar-refractivity contribution in [3.8, 4) is 5.75 Å². The number of nitrogens with zero attached hydrogens (tertiary/aromatic N) is 2. The highest BCUT2D eigenvalue weighted by atomic mass is 32.2. The smallest absolute Gasteiger partial charge is 0.293 e. The lowest BCUT2D eigenvalue weighted by Crippen LogP contribution is -2.32. The molecule has 0 spiro atoms. The van der Waals surface area contributed by atoms with E-state index in [1.54, 1.807) is 18.2 Å². The highest BCUT2D eigenvalue weighted by molar-refractivity contribution is 8.18. The van der Waals surface area contributed by atoms with Crippen molar-refractivity contribution in [1.29, 1.82) is 0 Å². The number of rotatable bonds is 9. The highest BCUT2D eigenvalue weighted by Crippen LogP contribution is 2.34. The lowest BCUT2D eigenvalue weighted by atomic mass is 10.2. The molecule has 1 aliphatic rings. The Morgan fingerprint density at radius 3 is 2.77 bits per heavy atom. The zero-order valence-electron chi connectivity index (χ0n) is 16.6. The maximum Gasteiger partial charge on any atom is 0.293 e. The van der Waals surface area contributed by atoms with Gasteiger partial charge >= 0.3 is 0 Å². The molecule has 2 amide bonds. The minimum Gasteiger partial charge on any atom is -0.492 e. The SMILES string of the molecule is Cc1cccc(OCCN2C(=O)S/C(=C\c3ccc(SCCO)c([N+](=O)[O-])c3)C2=O)c1. The lowest BCUT2D eigenvalue weighted by molar-refractivity contribution is -0.387. The third-order valence-electron chi connectivity index (χ3n) is 4.27. The third-order valence-corrected chi connectivity index (χ3v) is 6.22. The Bertz CT molecular complexity index is 1040. The molecule has 31 heavy (non-hydrogen) atoms. The van der Waals surface area contributed by atoms with Gasteiger partial charge in [-0.15, -0.1) is 11.8 Å². The summed E-state index contributed by atoms with van der Waals surface area (Å²) in [4.78, 5) is 37.5. The molecule has 0 aliphatic carbocycles. The summed E-state index contributed by atoms with van der Waals surface area (Å²) in [6, 6.07) is 12.0. The molecule has 1 fully saturated rings. The van der Waals surface area contributed by atoms with E-state index < -0.39 is 16.1 Å². The number of benzene rings is 2. The fraction of sp³-hybridized carbons (Fsp3) is 0.238. The van der Waals surface area contributed by atoms with Crippen molar-refractivity contribution in [3.63, 3.8) is 0 Å². The number of nitro groups is 1. The maximum absolute atomic E-state index is 12.6. The van der Waals surface area contributed by atoms with Crippen LogP contribution in [0.2, 0.25) is 0 Å². The Morgan fingerprint density at radius 1 is 1.26 bits per heavy atom. The Kier molecular flexibility index (Phi) is 7.72. The summed E-state index contributed by atoms with van der Waals surface area (Å²) in [5.41, 5.74) is 1.38. The van der Waals surface area contributed by atoms with Gasteiger partial charge in [-0.3, -0.25) is 24.6 Å². The van der Waals surface area contributed by atoms with Crippen molar-refractivity contribution in [2.24, 2.45) is 0 Å². The Balaban J connectivity index is 1.69. The second-order valence-electron chi connectivity index (χ2n) is 6.55. The van der Waals surface area contributed by atoms with Gasteiger partial charge in [-0.25, -0.2) is 0 Å². The second-order valence-corrected chi connectivity index (χ2v) is 8.68. The van der Waals surface area contributed by atoms with Gasteiger partial charge in [0.2, 0.25) is 0 Å². The van der Waals surface area contributed by atoms with E-state index in [9.17, 15) is 19.7 Å². The number of aliphatic hydroxyl groups is 1. The molecule has 0 atom stereocenters. The van der Waals surface area contributed by atoms with E-state index in [4.69, 9.17) is 9.84 Å². The van der Waals surface area contributed by atoms with Crippen LogP contribution in [0.25, 0.3) is 6.08 Å². The number of imide groups is 1. The van der Waals surface area contributed by atoms with Gasteiger partial charge in [0, 0.05) is 11.8 Å². The second kappa shape index (κ2) is 10.5. The van der Waals surface area contributed by atoms with E-state index in [-0.39, 0.29) is 30.4 Å². The van der Waals surface area contributed by atoms with E-state index in [1.807, 2.05) is 25.1 Å². The van der Waals surface area contributed by atoms with E-state index in [2.05, 4.69) is 0 Å². The topological polar surface area (TPSA) is 110 Å². The molecule has 2 aromatic rings. The van der Waals surface area contributed by atoms with E-state index >= 15 is 0 Å². The van der Waals surface area contributed by atoms with Crippen LogP contribution in [-0.2, 0) is 4.79 Å². The van der Waals surface area contributed by atoms with E-state index in [0.717, 1.165) is 22.2 Å². The van der Waals surface area contributed by atoms with E-state index in [0.29, 0.717) is 22.0 Å². The lowest BCUT2D eigenvalue weighted by Gasteiger charge is -2.13. The molecular weight excluding hydrogens is 440 g/mol. The van der Waals surface area contributed by atoms with Gasteiger partial charge < -0.3 is 9.84 Å². The normalized spacial score (nSPS) is 15.0. The van der Waals surface area contributed by atoms with Crippen LogP contribution in [0.5, 0.6) is 5.75 Å². The summed E-state index contributed by atoms with van der Waals surface area (Å²) in [6.45, 7) is 2.12. The van der Waals surface area contributed by atoms with Gasteiger partial charge in [0.05, 0.1) is 27.9 Å². The Hall–Kier alpha value is -2.82. The molecule has 0 bridgehead atoms. The predicted molar refractivity (Wildman–Crippen MR) is 120 cm³/mol. The first-order chi connectivity index (χ1) is 14.9. The fourth-order valence-electron chi connectivity index (χ4n) is 2.85. The predicted octanol–water partition coefficient (Wildman–Crippen LogP) is 4.10. The van der Waals surface area contributed by atoms with Crippen LogP contribution < -0.4 is 4.74 Å². The minimum atomic E-state index is -0.509. The summed E-state index contributed by atoms with van der Waals surface area (Å²) in [5.74, 6) is 0.544. The number of aliphatic hydroxyl groups excluding tert-OH is 1. The van der Waals surface area contributed by atoms with Gasteiger partial charge in [0.15, 0.2) is 0 Å². The molecule has 8 nitrogen and oxygen atoms in total. The zero-order valence-corrected chi connectivity index (χ0v) is 18.3. The van der Waals surface area contributed by atoms with Crippen molar-refractivity contribution in [3.05, 3.63) is 68.6 Å². The van der Waals surface area contributed by atoms with Crippen molar-refractivity contribution < 1.29 is 24.4 Å². The average Bonchev–Trinajstić information content (AvgIpc) is 3.00. The Morgan fingerprint density at radius 2 is 2.06 bits per heavy atom. The number of aryl methyl sites for hydroxylation is 1. The summed E-state index contributed by atoms with van der Waals surface area (Å²) in [6.07, 6.45) is 1.47. The molecule has 3 rings (SSSR count). The monoisotopic (exact) mass is 460 g/mol. The molecule has 1 heterocycles. The quantitative estimate of drug-likeness (QED) is 0.258. The molecule has 0 saturated carbocycles. The molecule has 2 aromatic carbocycles. The van der Waals surface area contributed by atoms with Crippen LogP contribution in [-0.4, -0.2) is 51.6 Å². The number of carbonyl (C=O) groups excluding carboxylic acids is 2. The average molecular weight is 461 g/mol. The van der Waals surface area contributed by atoms with E-state index in [1.165, 1.54) is 23.9 Å². The Labute approximate surface area is 187 Å². The molecule has 162 valence electrons. The van der Waals surface area contributed by atoms with Gasteiger partial charge in [-0.1, -0.05) is 18.2 Å². The number of hydrogen-bond acceptors (Lipinski definition) is 8. The maximum atomic E-state index is 12.6. The standard InChI is InChI=1S/C21H20N2O6S2/c1-14-3-2-4-16(11-14)29-9-7-22-20(25)19(31-21(22)26)13-15-5-6-18(30-10-8-24)17(12-15)23(27)28/h2-6,11-13,24H,7-10H2,1H3/b19-13-. The molecule has 10 heteroatoms. The van der Waals surface area contributed by atoms with Crippen molar-refractivity contribution >= 4 is 46.4 Å². The summed E-state index contributed by atoms with van der Waals surface area (Å²) < 4.78 is 5.62. The van der Waals surface area contributed by atoms with Gasteiger partial charge in [-0.2, -0.15) is 0 Å². The summed E-state index contributed by atoms with van der Waals surface area (Å²) in [5, 5.41) is 19.9. The molecule has 0 unspecified atom stereocenters. The van der Waals surface area contributed by atoms with Gasteiger partial charge in [0.1, 0.15) is 12.4 Å². The number of nitro benzene ring substituents is 1. The molecule has 1 N–H and O–H groups in total. The first kappa shape index (κ1) is 22.9. The number of carbonyl (C=O) groups is 2. The van der Waals surface area contributed by atoms with Crippen molar-refractivity contribution in [1.82, 2.24) is 4.90 Å². The first-order valence-corrected chi connectivity index (χ1v) is 11.2. The first-order valence-electron chi connectivity index (χ1n) is 9.36. The van der Waals surface area contributed by atoms with Gasteiger partial charge in [-0.05, 0) is 54.1 Å². The van der Waals surface area contributed by atoms with Crippen LogP contribution >= 0.6 is 23.5 Å². The molecule has 1 saturated heterocycles. The summed E-state index contributed by atoms with van der Waals surface area (Å²) >= 11 is 1.97. The number of thioether (sulfide) groups is 2. The van der Waals surface area contributed by atoms with Crippen LogP contribution in [0.4, 0.5) is 10.5 Å². The van der Waals surface area contributed by atoms with Crippen LogP contribution in [0.15, 0.2) is 52.3 Å². The fourth-order valence-corrected chi connectivity index (χ4v) is 4.47. The molecule has 0 radical (unpaired) electrons. The zero-order chi connectivity index (χ0) is 22.4.